The van der Waals surface area contributed by atoms with Crippen LogP contribution in [0, 0.1) is 5.92 Å². The minimum Gasteiger partial charge on any atom is -0.341 e. The van der Waals surface area contributed by atoms with Crippen LogP contribution in [0.2, 0.25) is 0 Å². The summed E-state index contributed by atoms with van der Waals surface area (Å²) in [6.45, 7) is 0.719. The van der Waals surface area contributed by atoms with Gasteiger partial charge in [-0.25, -0.2) is 0 Å². The summed E-state index contributed by atoms with van der Waals surface area (Å²) in [4.78, 5) is 15.4. The third kappa shape index (κ3) is 5.68. The van der Waals surface area contributed by atoms with E-state index >= 15 is 0 Å². The van der Waals surface area contributed by atoms with Crippen LogP contribution in [0.5, 0.6) is 0 Å². The molecule has 0 aliphatic heterocycles. The number of amides is 1. The van der Waals surface area contributed by atoms with Crippen LogP contribution in [0.3, 0.4) is 0 Å². The van der Waals surface area contributed by atoms with Gasteiger partial charge >= 0.3 is 0 Å². The molecule has 0 bridgehead atoms. The topological polar surface area (TPSA) is 20.3 Å². The van der Waals surface area contributed by atoms with E-state index in [9.17, 15) is 4.79 Å². The number of hydrogen-bond donors (Lipinski definition) is 0. The zero-order valence-electron chi connectivity index (χ0n) is 14.0. The molecule has 22 heavy (non-hydrogen) atoms. The Kier molecular flexibility index (Phi) is 7.31. The molecule has 2 nitrogen and oxygen atoms in total. The molecule has 0 N–H and O–H groups in total. The van der Waals surface area contributed by atoms with E-state index < -0.39 is 0 Å². The molecule has 0 atom stereocenters. The van der Waals surface area contributed by atoms with Crippen LogP contribution in [0.4, 0.5) is 0 Å². The van der Waals surface area contributed by atoms with Crippen LogP contribution in [0.25, 0.3) is 0 Å². The normalized spacial score (nSPS) is 15.7. The van der Waals surface area contributed by atoms with Crippen molar-refractivity contribution in [1.82, 2.24) is 4.90 Å². The number of carbonyl (C=O) groups is 1. The Balaban J connectivity index is 1.69. The zero-order valence-corrected chi connectivity index (χ0v) is 14.8. The first-order valence-corrected chi connectivity index (χ1v) is 9.78. The van der Waals surface area contributed by atoms with Gasteiger partial charge in [0.15, 0.2) is 0 Å². The maximum Gasteiger partial charge on any atom is 0.222 e. The summed E-state index contributed by atoms with van der Waals surface area (Å²) in [6.07, 6.45) is 12.0. The third-order valence-electron chi connectivity index (χ3n) is 4.73. The first-order valence-electron chi connectivity index (χ1n) is 8.56. The maximum absolute atomic E-state index is 12.2. The fourth-order valence-corrected chi connectivity index (χ4v) is 3.71. The second kappa shape index (κ2) is 9.24. The van der Waals surface area contributed by atoms with Crippen LogP contribution >= 0.6 is 11.8 Å². The molecule has 0 saturated heterocycles. The van der Waals surface area contributed by atoms with E-state index in [1.807, 2.05) is 11.9 Å². The third-order valence-corrected chi connectivity index (χ3v) is 5.48. The molecule has 0 aromatic heterocycles. The van der Waals surface area contributed by atoms with Gasteiger partial charge in [0.05, 0.1) is 0 Å². The molecule has 0 spiro atoms. The average molecular weight is 320 g/mol. The number of nitrogens with zero attached hydrogens (tertiary/aromatic N) is 1. The lowest BCUT2D eigenvalue weighted by atomic mass is 9.86. The highest BCUT2D eigenvalue weighted by Gasteiger charge is 2.15. The summed E-state index contributed by atoms with van der Waals surface area (Å²) >= 11 is 1.75. The highest BCUT2D eigenvalue weighted by Crippen LogP contribution is 2.27. The Morgan fingerprint density at radius 1 is 1.18 bits per heavy atom. The molecule has 1 aromatic carbocycles. The van der Waals surface area contributed by atoms with Crippen LogP contribution < -0.4 is 0 Å². The molecule has 2 rings (SSSR count). The quantitative estimate of drug-likeness (QED) is 0.650. The Bertz CT molecular complexity index is 451. The molecular formula is C19H29NOS. The first kappa shape index (κ1) is 17.4. The smallest absolute Gasteiger partial charge is 0.222 e. The minimum atomic E-state index is 0.282. The molecular weight excluding hydrogens is 290 g/mol. The fraction of sp³-hybridized carbons (Fsp3) is 0.632. The lowest BCUT2D eigenvalue weighted by Crippen LogP contribution is -2.26. The molecule has 1 aromatic rings. The van der Waals surface area contributed by atoms with Crippen molar-refractivity contribution in [2.75, 3.05) is 13.3 Å². The van der Waals surface area contributed by atoms with Crippen LogP contribution in [-0.4, -0.2) is 24.1 Å². The molecule has 0 radical (unpaired) electrons. The zero-order chi connectivity index (χ0) is 15.8. The van der Waals surface area contributed by atoms with Gasteiger partial charge in [0.25, 0.3) is 0 Å². The summed E-state index contributed by atoms with van der Waals surface area (Å²) < 4.78 is 0. The number of hydrogen-bond acceptors (Lipinski definition) is 2. The summed E-state index contributed by atoms with van der Waals surface area (Å²) in [5, 5.41) is 0. The Labute approximate surface area is 139 Å². The van der Waals surface area contributed by atoms with Gasteiger partial charge in [-0.2, -0.15) is 0 Å². The van der Waals surface area contributed by atoms with Crippen LogP contribution in [0.15, 0.2) is 29.2 Å². The molecule has 1 amide bonds. The largest absolute Gasteiger partial charge is 0.341 e. The standard InChI is InChI=1S/C19H29NOS/c1-20(15-17-11-13-18(22-2)14-12-17)19(21)10-6-9-16-7-4-3-5-8-16/h11-14,16H,3-10,15H2,1-2H3. The summed E-state index contributed by atoms with van der Waals surface area (Å²) in [7, 11) is 1.92. The SMILES string of the molecule is CSc1ccc(CN(C)C(=O)CCCC2CCCCC2)cc1. The van der Waals surface area contributed by atoms with E-state index in [4.69, 9.17) is 0 Å². The monoisotopic (exact) mass is 319 g/mol. The highest BCUT2D eigenvalue weighted by molar-refractivity contribution is 7.98. The van der Waals surface area contributed by atoms with Crippen molar-refractivity contribution in [3.63, 3.8) is 0 Å². The van der Waals surface area contributed by atoms with Gasteiger partial charge in [-0.1, -0.05) is 44.2 Å². The van der Waals surface area contributed by atoms with Crippen molar-refractivity contribution in [2.24, 2.45) is 5.92 Å². The molecule has 1 fully saturated rings. The summed E-state index contributed by atoms with van der Waals surface area (Å²) in [5.41, 5.74) is 1.21. The molecule has 0 unspecified atom stereocenters. The Hall–Kier alpha value is -0.960. The summed E-state index contributed by atoms with van der Waals surface area (Å²) in [6, 6.07) is 8.50. The highest BCUT2D eigenvalue weighted by atomic mass is 32.2. The number of thioether (sulfide) groups is 1. The predicted molar refractivity (Wildman–Crippen MR) is 95.1 cm³/mol. The Morgan fingerprint density at radius 2 is 1.86 bits per heavy atom. The summed E-state index contributed by atoms with van der Waals surface area (Å²) in [5.74, 6) is 1.16. The van der Waals surface area contributed by atoms with Crippen molar-refractivity contribution < 1.29 is 4.79 Å². The van der Waals surface area contributed by atoms with Gasteiger partial charge in [0.2, 0.25) is 5.91 Å². The van der Waals surface area contributed by atoms with E-state index in [1.165, 1.54) is 49.0 Å². The maximum atomic E-state index is 12.2. The predicted octanol–water partition coefficient (Wildman–Crippen LogP) is 5.12. The van der Waals surface area contributed by atoms with Crippen molar-refractivity contribution in [3.05, 3.63) is 29.8 Å². The number of rotatable bonds is 7. The van der Waals surface area contributed by atoms with Crippen molar-refractivity contribution in [2.45, 2.75) is 62.8 Å². The van der Waals surface area contributed by atoms with Crippen molar-refractivity contribution in [1.29, 1.82) is 0 Å². The lowest BCUT2D eigenvalue weighted by molar-refractivity contribution is -0.130. The van der Waals surface area contributed by atoms with Gasteiger partial charge in [0.1, 0.15) is 0 Å². The molecule has 1 aliphatic carbocycles. The lowest BCUT2D eigenvalue weighted by Gasteiger charge is -2.22. The van der Waals surface area contributed by atoms with Crippen LogP contribution in [-0.2, 0) is 11.3 Å². The van der Waals surface area contributed by atoms with Crippen molar-refractivity contribution in [3.8, 4) is 0 Å². The van der Waals surface area contributed by atoms with Gasteiger partial charge in [-0.05, 0) is 42.7 Å². The second-order valence-corrected chi connectivity index (χ2v) is 7.37. The van der Waals surface area contributed by atoms with E-state index in [1.54, 1.807) is 11.8 Å². The number of carbonyl (C=O) groups excluding carboxylic acids is 1. The minimum absolute atomic E-state index is 0.282. The molecule has 122 valence electrons. The van der Waals surface area contributed by atoms with Gasteiger partial charge in [-0.15, -0.1) is 11.8 Å². The van der Waals surface area contributed by atoms with Gasteiger partial charge in [-0.3, -0.25) is 4.79 Å². The van der Waals surface area contributed by atoms with E-state index in [0.717, 1.165) is 18.9 Å². The van der Waals surface area contributed by atoms with E-state index in [0.29, 0.717) is 6.42 Å². The van der Waals surface area contributed by atoms with E-state index in [-0.39, 0.29) is 5.91 Å². The van der Waals surface area contributed by atoms with Crippen LogP contribution in [0.1, 0.15) is 56.9 Å². The van der Waals surface area contributed by atoms with Gasteiger partial charge < -0.3 is 4.90 Å². The van der Waals surface area contributed by atoms with Crippen molar-refractivity contribution >= 4 is 17.7 Å². The van der Waals surface area contributed by atoms with Gasteiger partial charge in [0, 0.05) is 24.9 Å². The van der Waals surface area contributed by atoms with E-state index in [2.05, 4.69) is 30.5 Å². The molecule has 3 heteroatoms. The molecule has 0 heterocycles. The Morgan fingerprint density at radius 3 is 2.50 bits per heavy atom. The molecule has 1 aliphatic rings. The number of benzene rings is 1. The molecule has 1 saturated carbocycles. The first-order chi connectivity index (χ1) is 10.7. The fourth-order valence-electron chi connectivity index (χ4n) is 3.30. The second-order valence-electron chi connectivity index (χ2n) is 6.49. The average Bonchev–Trinajstić information content (AvgIpc) is 2.56.